The second-order valence-electron chi connectivity index (χ2n) is 7.52. The van der Waals surface area contributed by atoms with E-state index in [0.29, 0.717) is 32.5 Å². The van der Waals surface area contributed by atoms with Crippen molar-refractivity contribution in [3.8, 4) is 0 Å². The molecule has 29 heavy (non-hydrogen) atoms. The maximum atomic E-state index is 13.6. The van der Waals surface area contributed by atoms with Crippen LogP contribution < -0.4 is 10.2 Å². The molecule has 2 aliphatic heterocycles. The second-order valence-corrected chi connectivity index (χ2v) is 7.52. The summed E-state index contributed by atoms with van der Waals surface area (Å²) in [5.41, 5.74) is 2.39. The number of piperidine rings is 1. The van der Waals surface area contributed by atoms with Crippen molar-refractivity contribution in [1.29, 1.82) is 0 Å². The van der Waals surface area contributed by atoms with Crippen LogP contribution in [0.5, 0.6) is 0 Å². The fourth-order valence-electron chi connectivity index (χ4n) is 4.36. The first-order chi connectivity index (χ1) is 14.0. The third-order valence-corrected chi connectivity index (χ3v) is 5.84. The Hall–Kier alpha value is -3.35. The molecule has 1 saturated heterocycles. The number of anilines is 1. The summed E-state index contributed by atoms with van der Waals surface area (Å²) in [6.45, 7) is 0.920. The fourth-order valence-corrected chi connectivity index (χ4v) is 4.36. The van der Waals surface area contributed by atoms with Gasteiger partial charge in [0, 0.05) is 18.8 Å². The highest BCUT2D eigenvalue weighted by Crippen LogP contribution is 2.48. The zero-order valence-corrected chi connectivity index (χ0v) is 16.0. The molecule has 150 valence electrons. The van der Waals surface area contributed by atoms with Gasteiger partial charge in [-0.2, -0.15) is 0 Å². The lowest BCUT2D eigenvalue weighted by molar-refractivity contribution is -0.135. The van der Waals surface area contributed by atoms with Crippen LogP contribution in [0.3, 0.4) is 0 Å². The highest BCUT2D eigenvalue weighted by atomic mass is 16.4. The molecule has 4 rings (SSSR count). The molecule has 1 fully saturated rings. The first kappa shape index (κ1) is 19.0. The third-order valence-electron chi connectivity index (χ3n) is 5.84. The summed E-state index contributed by atoms with van der Waals surface area (Å²) in [5, 5.41) is 11.1. The normalized spacial score (nSPS) is 17.3. The third kappa shape index (κ3) is 3.44. The van der Waals surface area contributed by atoms with Gasteiger partial charge in [-0.05, 0) is 30.0 Å². The summed E-state index contributed by atoms with van der Waals surface area (Å²) < 4.78 is 0. The van der Waals surface area contributed by atoms with E-state index in [-0.39, 0.29) is 5.91 Å². The molecule has 0 unspecified atom stereocenters. The number of likely N-dealkylation sites (tertiary alicyclic amines) is 1. The summed E-state index contributed by atoms with van der Waals surface area (Å²) in [6.07, 6.45) is 1.04. The Morgan fingerprint density at radius 2 is 1.66 bits per heavy atom. The number of carbonyl (C=O) groups is 3. The molecular weight excluding hydrogens is 370 g/mol. The van der Waals surface area contributed by atoms with Crippen LogP contribution in [0, 0.1) is 0 Å². The number of urea groups is 1. The van der Waals surface area contributed by atoms with E-state index in [1.54, 1.807) is 4.90 Å². The predicted molar refractivity (Wildman–Crippen MR) is 108 cm³/mol. The quantitative estimate of drug-likeness (QED) is 0.835. The number of nitrogens with one attached hydrogen (secondary N) is 1. The van der Waals surface area contributed by atoms with E-state index in [1.807, 2.05) is 59.5 Å². The van der Waals surface area contributed by atoms with Gasteiger partial charge in [0.25, 0.3) is 0 Å². The minimum atomic E-state index is -1.08. The molecule has 2 heterocycles. The number of carboxylic acid groups (broad SMARTS) is 1. The number of amides is 3. The topological polar surface area (TPSA) is 90.0 Å². The molecule has 3 amide bonds. The second kappa shape index (κ2) is 7.58. The number of carbonyl (C=O) groups excluding carboxylic acids is 2. The van der Waals surface area contributed by atoms with Crippen LogP contribution in [0.1, 0.15) is 24.0 Å². The first-order valence-corrected chi connectivity index (χ1v) is 9.71. The average Bonchev–Trinajstić information content (AvgIpc) is 2.96. The average molecular weight is 393 g/mol. The Morgan fingerprint density at radius 1 is 1.00 bits per heavy atom. The number of fused-ring (bicyclic) bond motifs is 2. The Balaban J connectivity index is 1.55. The monoisotopic (exact) mass is 393 g/mol. The molecule has 0 bridgehead atoms. The molecule has 2 aromatic rings. The molecule has 0 saturated carbocycles. The number of benzene rings is 2. The summed E-state index contributed by atoms with van der Waals surface area (Å²) in [7, 11) is 0. The van der Waals surface area contributed by atoms with E-state index < -0.39 is 24.0 Å². The maximum absolute atomic E-state index is 13.6. The van der Waals surface area contributed by atoms with Crippen LogP contribution in [0.2, 0.25) is 0 Å². The zero-order valence-electron chi connectivity index (χ0n) is 16.0. The van der Waals surface area contributed by atoms with Gasteiger partial charge in [-0.25, -0.2) is 4.79 Å². The predicted octanol–water partition coefficient (Wildman–Crippen LogP) is 2.36. The van der Waals surface area contributed by atoms with Crippen molar-refractivity contribution < 1.29 is 19.5 Å². The minimum absolute atomic E-state index is 0.0770. The van der Waals surface area contributed by atoms with Gasteiger partial charge >= 0.3 is 12.0 Å². The van der Waals surface area contributed by atoms with Crippen molar-refractivity contribution in [2.24, 2.45) is 0 Å². The van der Waals surface area contributed by atoms with Crippen LogP contribution in [0.25, 0.3) is 0 Å². The lowest BCUT2D eigenvalue weighted by Crippen LogP contribution is -2.52. The van der Waals surface area contributed by atoms with E-state index in [2.05, 4.69) is 5.32 Å². The minimum Gasteiger partial charge on any atom is -0.480 e. The Labute approximate surface area is 168 Å². The molecule has 7 heteroatoms. The van der Waals surface area contributed by atoms with Crippen LogP contribution in [0.4, 0.5) is 10.5 Å². The van der Waals surface area contributed by atoms with Crippen molar-refractivity contribution >= 4 is 23.6 Å². The number of hydrogen-bond acceptors (Lipinski definition) is 3. The molecule has 2 N–H and O–H groups in total. The standard InChI is InChI=1S/C22H23N3O4/c26-19(27)14-23-21(29)24-12-10-22(11-13-24)17-8-4-5-9-18(17)25(20(22)28)15-16-6-2-1-3-7-16/h1-9H,10-15H2,(H,23,29)(H,26,27). The SMILES string of the molecule is O=C(O)CNC(=O)N1CCC2(CC1)C(=O)N(Cc1ccccc1)c1ccccc12. The van der Waals surface area contributed by atoms with E-state index >= 15 is 0 Å². The van der Waals surface area contributed by atoms with Crippen molar-refractivity contribution in [3.05, 3.63) is 65.7 Å². The van der Waals surface area contributed by atoms with Gasteiger partial charge in [0.2, 0.25) is 5.91 Å². The lowest BCUT2D eigenvalue weighted by atomic mass is 9.73. The zero-order chi connectivity index (χ0) is 20.4. The van der Waals surface area contributed by atoms with E-state index in [0.717, 1.165) is 16.8 Å². The van der Waals surface area contributed by atoms with Crippen LogP contribution in [0.15, 0.2) is 54.6 Å². The maximum Gasteiger partial charge on any atom is 0.323 e. The highest BCUT2D eigenvalue weighted by Gasteiger charge is 2.52. The van der Waals surface area contributed by atoms with Gasteiger partial charge in [-0.3, -0.25) is 9.59 Å². The number of carboxylic acids is 1. The van der Waals surface area contributed by atoms with Crippen LogP contribution in [-0.2, 0) is 21.5 Å². The first-order valence-electron chi connectivity index (χ1n) is 9.71. The van der Waals surface area contributed by atoms with Crippen LogP contribution in [-0.4, -0.2) is 47.5 Å². The smallest absolute Gasteiger partial charge is 0.323 e. The Morgan fingerprint density at radius 3 is 2.34 bits per heavy atom. The van der Waals surface area contributed by atoms with Crippen LogP contribution >= 0.6 is 0 Å². The van der Waals surface area contributed by atoms with Crippen molar-refractivity contribution in [2.75, 3.05) is 24.5 Å². The Bertz CT molecular complexity index is 936. The largest absolute Gasteiger partial charge is 0.480 e. The molecule has 0 atom stereocenters. The number of hydrogen-bond donors (Lipinski definition) is 2. The van der Waals surface area contributed by atoms with Gasteiger partial charge in [-0.15, -0.1) is 0 Å². The van der Waals surface area contributed by atoms with E-state index in [4.69, 9.17) is 5.11 Å². The number of para-hydroxylation sites is 1. The molecule has 2 aliphatic rings. The molecule has 0 radical (unpaired) electrons. The number of rotatable bonds is 4. The van der Waals surface area contributed by atoms with Gasteiger partial charge < -0.3 is 20.2 Å². The van der Waals surface area contributed by atoms with Gasteiger partial charge in [-0.1, -0.05) is 48.5 Å². The summed E-state index contributed by atoms with van der Waals surface area (Å²) in [4.78, 5) is 39.9. The van der Waals surface area contributed by atoms with Gasteiger partial charge in [0.15, 0.2) is 0 Å². The van der Waals surface area contributed by atoms with E-state index in [1.165, 1.54) is 0 Å². The Kier molecular flexibility index (Phi) is 4.96. The van der Waals surface area contributed by atoms with Gasteiger partial charge in [0.05, 0.1) is 12.0 Å². The lowest BCUT2D eigenvalue weighted by Gasteiger charge is -2.38. The molecule has 2 aromatic carbocycles. The molecule has 0 aliphatic carbocycles. The molecule has 0 aromatic heterocycles. The highest BCUT2D eigenvalue weighted by molar-refractivity contribution is 6.08. The summed E-state index contributed by atoms with van der Waals surface area (Å²) in [6, 6.07) is 17.4. The number of nitrogens with zero attached hydrogens (tertiary/aromatic N) is 2. The fraction of sp³-hybridized carbons (Fsp3) is 0.318. The number of aliphatic carboxylic acids is 1. The van der Waals surface area contributed by atoms with Crippen molar-refractivity contribution in [2.45, 2.75) is 24.8 Å². The van der Waals surface area contributed by atoms with Crippen molar-refractivity contribution in [3.63, 3.8) is 0 Å². The summed E-state index contributed by atoms with van der Waals surface area (Å²) in [5.74, 6) is -1.00. The molecule has 7 nitrogen and oxygen atoms in total. The molecule has 1 spiro atoms. The summed E-state index contributed by atoms with van der Waals surface area (Å²) >= 11 is 0. The molecular formula is C22H23N3O4. The van der Waals surface area contributed by atoms with Crippen molar-refractivity contribution in [1.82, 2.24) is 10.2 Å². The van der Waals surface area contributed by atoms with E-state index in [9.17, 15) is 14.4 Å². The van der Waals surface area contributed by atoms with Gasteiger partial charge in [0.1, 0.15) is 6.54 Å².